The molecule has 0 aliphatic carbocycles. The van der Waals surface area contributed by atoms with Gasteiger partial charge in [0, 0.05) is 45.2 Å². The first-order chi connectivity index (χ1) is 19.9. The molecule has 11 heteroatoms. The van der Waals surface area contributed by atoms with Crippen molar-refractivity contribution in [2.75, 3.05) is 60.5 Å². The van der Waals surface area contributed by atoms with Gasteiger partial charge in [-0.05, 0) is 30.5 Å². The normalized spacial score (nSPS) is 16.8. The predicted molar refractivity (Wildman–Crippen MR) is 159 cm³/mol. The zero-order valence-electron chi connectivity index (χ0n) is 23.4. The van der Waals surface area contributed by atoms with Gasteiger partial charge in [0.2, 0.25) is 11.8 Å². The Hall–Kier alpha value is -4.64. The van der Waals surface area contributed by atoms with Gasteiger partial charge in [0.05, 0.1) is 36.8 Å². The van der Waals surface area contributed by atoms with Gasteiger partial charge in [0.15, 0.2) is 5.82 Å². The van der Waals surface area contributed by atoms with Crippen LogP contribution in [-0.4, -0.2) is 72.6 Å². The van der Waals surface area contributed by atoms with E-state index < -0.39 is 0 Å². The number of carbonyl (C=O) groups excluding carboxylic acids is 2. The van der Waals surface area contributed by atoms with E-state index in [-0.39, 0.29) is 17.9 Å². The van der Waals surface area contributed by atoms with Gasteiger partial charge in [-0.15, -0.1) is 0 Å². The minimum atomic E-state index is -0.329. The van der Waals surface area contributed by atoms with Crippen molar-refractivity contribution >= 4 is 40.5 Å². The summed E-state index contributed by atoms with van der Waals surface area (Å²) in [5.41, 5.74) is 3.24. The second kappa shape index (κ2) is 12.7. The number of carbonyl (C=O) groups is 2. The first-order valence-corrected chi connectivity index (χ1v) is 13.7. The number of hydroxylamine groups is 1. The van der Waals surface area contributed by atoms with Crippen molar-refractivity contribution in [1.29, 1.82) is 0 Å². The summed E-state index contributed by atoms with van der Waals surface area (Å²) in [4.78, 5) is 43.0. The molecule has 2 aliphatic rings. The van der Waals surface area contributed by atoms with Crippen molar-refractivity contribution in [3.8, 4) is 5.75 Å². The maximum Gasteiger partial charge on any atom is 0.247 e. The van der Waals surface area contributed by atoms with Gasteiger partial charge in [-0.2, -0.15) is 0 Å². The lowest BCUT2D eigenvalue weighted by molar-refractivity contribution is -0.129. The summed E-state index contributed by atoms with van der Waals surface area (Å²) in [7, 11) is 1.59. The Balaban J connectivity index is 1.39. The standard InChI is InChI=1S/C30H35N7O4/c1-4-30(39)34-24-17-25(27(40-3)18-26(24)36-13-11-35(12-14-36)21(2)38)33-28-19-29(32-20-31-28)37-23(10-15-41-37)16-22-8-6-5-7-9-22/h4-9,17-20,23H,1,10-16H2,2-3H3,(H,34,39)(H,31,32,33)/t23-/m1/s1. The minimum Gasteiger partial charge on any atom is -0.494 e. The van der Waals surface area contributed by atoms with Crippen LogP contribution in [0.25, 0.3) is 0 Å². The van der Waals surface area contributed by atoms with Crippen LogP contribution in [0.2, 0.25) is 0 Å². The number of anilines is 5. The molecule has 2 fully saturated rings. The predicted octanol–water partition coefficient (Wildman–Crippen LogP) is 3.77. The highest BCUT2D eigenvalue weighted by molar-refractivity contribution is 6.02. The highest BCUT2D eigenvalue weighted by Crippen LogP contribution is 2.39. The minimum absolute atomic E-state index is 0.0527. The molecule has 11 nitrogen and oxygen atoms in total. The Bertz CT molecular complexity index is 1390. The zero-order chi connectivity index (χ0) is 28.8. The van der Waals surface area contributed by atoms with Crippen LogP contribution in [-0.2, 0) is 20.8 Å². The first kappa shape index (κ1) is 27.9. The Morgan fingerprint density at radius 2 is 1.88 bits per heavy atom. The number of methoxy groups -OCH3 is 1. The van der Waals surface area contributed by atoms with E-state index in [9.17, 15) is 9.59 Å². The molecule has 5 rings (SSSR count). The molecule has 41 heavy (non-hydrogen) atoms. The van der Waals surface area contributed by atoms with Crippen molar-refractivity contribution in [3.63, 3.8) is 0 Å². The molecule has 0 radical (unpaired) electrons. The zero-order valence-corrected chi connectivity index (χ0v) is 23.4. The van der Waals surface area contributed by atoms with Gasteiger partial charge in [-0.25, -0.2) is 15.0 Å². The second-order valence-electron chi connectivity index (χ2n) is 9.93. The molecule has 3 heterocycles. The molecule has 3 aromatic rings. The molecule has 214 valence electrons. The van der Waals surface area contributed by atoms with Crippen molar-refractivity contribution in [2.24, 2.45) is 0 Å². The molecule has 2 aliphatic heterocycles. The molecule has 2 saturated heterocycles. The third-order valence-electron chi connectivity index (χ3n) is 7.30. The van der Waals surface area contributed by atoms with Crippen molar-refractivity contribution in [2.45, 2.75) is 25.8 Å². The molecular weight excluding hydrogens is 522 g/mol. The Morgan fingerprint density at radius 3 is 2.59 bits per heavy atom. The van der Waals surface area contributed by atoms with Gasteiger partial charge in [-0.1, -0.05) is 36.9 Å². The number of hydrogen-bond acceptors (Lipinski definition) is 9. The van der Waals surface area contributed by atoms with Crippen LogP contribution >= 0.6 is 0 Å². The SMILES string of the molecule is C=CC(=O)Nc1cc(Nc2cc(N3OCC[C@@H]3Cc3ccccc3)ncn2)c(OC)cc1N1CCN(C(C)=O)CC1. The Morgan fingerprint density at radius 1 is 1.10 bits per heavy atom. The molecule has 0 spiro atoms. The fourth-order valence-corrected chi connectivity index (χ4v) is 5.15. The van der Waals surface area contributed by atoms with Crippen LogP contribution in [0.3, 0.4) is 0 Å². The number of nitrogens with zero attached hydrogens (tertiary/aromatic N) is 5. The van der Waals surface area contributed by atoms with Gasteiger partial charge in [0.1, 0.15) is 17.9 Å². The largest absolute Gasteiger partial charge is 0.494 e. The van der Waals surface area contributed by atoms with Crippen LogP contribution in [0.4, 0.5) is 28.7 Å². The molecule has 2 N–H and O–H groups in total. The second-order valence-corrected chi connectivity index (χ2v) is 9.93. The van der Waals surface area contributed by atoms with E-state index in [1.54, 1.807) is 14.0 Å². The third-order valence-corrected chi connectivity index (χ3v) is 7.30. The van der Waals surface area contributed by atoms with Gasteiger partial charge >= 0.3 is 0 Å². The van der Waals surface area contributed by atoms with Gasteiger partial charge in [-0.3, -0.25) is 14.4 Å². The van der Waals surface area contributed by atoms with E-state index in [1.807, 2.05) is 46.4 Å². The first-order valence-electron chi connectivity index (χ1n) is 13.7. The van der Waals surface area contributed by atoms with Crippen LogP contribution < -0.4 is 25.3 Å². The van der Waals surface area contributed by atoms with Crippen LogP contribution in [0.15, 0.2) is 67.5 Å². The summed E-state index contributed by atoms with van der Waals surface area (Å²) >= 11 is 0. The number of benzene rings is 2. The Labute approximate surface area is 239 Å². The number of hydrogen-bond donors (Lipinski definition) is 2. The summed E-state index contributed by atoms with van der Waals surface area (Å²) in [5.74, 6) is 1.50. The molecule has 0 unspecified atom stereocenters. The molecule has 1 atom stereocenters. The van der Waals surface area contributed by atoms with E-state index >= 15 is 0 Å². The fourth-order valence-electron chi connectivity index (χ4n) is 5.15. The number of ether oxygens (including phenoxy) is 1. The van der Waals surface area contributed by atoms with Crippen molar-refractivity contribution in [3.05, 3.63) is 73.1 Å². The maximum absolute atomic E-state index is 12.3. The molecule has 0 saturated carbocycles. The summed E-state index contributed by atoms with van der Waals surface area (Å²) < 4.78 is 5.74. The number of nitrogens with one attached hydrogen (secondary N) is 2. The molecule has 2 amide bonds. The van der Waals surface area contributed by atoms with E-state index in [2.05, 4.69) is 44.2 Å². The quantitative estimate of drug-likeness (QED) is 0.380. The maximum atomic E-state index is 12.3. The lowest BCUT2D eigenvalue weighted by Crippen LogP contribution is -2.48. The summed E-state index contributed by atoms with van der Waals surface area (Å²) in [6.07, 6.45) is 4.46. The smallest absolute Gasteiger partial charge is 0.247 e. The van der Waals surface area contributed by atoms with Crippen LogP contribution in [0, 0.1) is 0 Å². The highest BCUT2D eigenvalue weighted by Gasteiger charge is 2.28. The van der Waals surface area contributed by atoms with Crippen molar-refractivity contribution in [1.82, 2.24) is 14.9 Å². The van der Waals surface area contributed by atoms with E-state index in [0.29, 0.717) is 61.5 Å². The van der Waals surface area contributed by atoms with Crippen LogP contribution in [0.5, 0.6) is 5.75 Å². The topological polar surface area (TPSA) is 112 Å². The van der Waals surface area contributed by atoms with Gasteiger partial charge < -0.3 is 25.2 Å². The molecule has 2 aromatic carbocycles. The van der Waals surface area contributed by atoms with Crippen LogP contribution in [0.1, 0.15) is 18.9 Å². The summed E-state index contributed by atoms with van der Waals surface area (Å²) in [6, 6.07) is 16.0. The summed E-state index contributed by atoms with van der Waals surface area (Å²) in [5, 5.41) is 8.10. The van der Waals surface area contributed by atoms with E-state index in [4.69, 9.17) is 9.57 Å². The molecule has 0 bridgehead atoms. The molecule has 1 aromatic heterocycles. The average molecular weight is 558 g/mol. The average Bonchev–Trinajstić information content (AvgIpc) is 3.46. The van der Waals surface area contributed by atoms with E-state index in [0.717, 1.165) is 18.5 Å². The molecular formula is C30H35N7O4. The third kappa shape index (κ3) is 6.58. The Kier molecular flexibility index (Phi) is 8.64. The lowest BCUT2D eigenvalue weighted by atomic mass is 10.0. The fraction of sp³-hybridized carbons (Fsp3) is 0.333. The lowest BCUT2D eigenvalue weighted by Gasteiger charge is -2.36. The number of amides is 2. The van der Waals surface area contributed by atoms with Crippen molar-refractivity contribution < 1.29 is 19.2 Å². The highest BCUT2D eigenvalue weighted by atomic mass is 16.7. The van der Waals surface area contributed by atoms with Gasteiger partial charge in [0.25, 0.3) is 0 Å². The number of rotatable bonds is 9. The number of piperazine rings is 1. The number of aromatic nitrogens is 2. The van der Waals surface area contributed by atoms with E-state index in [1.165, 1.54) is 18.0 Å². The summed E-state index contributed by atoms with van der Waals surface area (Å²) in [6.45, 7) is 8.23. The monoisotopic (exact) mass is 557 g/mol.